The maximum atomic E-state index is 13.3. The van der Waals surface area contributed by atoms with Gasteiger partial charge in [-0.2, -0.15) is 4.98 Å². The van der Waals surface area contributed by atoms with Crippen molar-refractivity contribution in [2.24, 2.45) is 0 Å². The molecule has 9 nitrogen and oxygen atoms in total. The Kier molecular flexibility index (Phi) is 7.61. The Balaban J connectivity index is 1.89. The maximum absolute atomic E-state index is 13.3. The number of aliphatic hydroxyl groups excluding tert-OH is 3. The number of ether oxygens (including phenoxy) is 2. The van der Waals surface area contributed by atoms with Crippen LogP contribution in [0.15, 0.2) is 95.9 Å². The summed E-state index contributed by atoms with van der Waals surface area (Å²) in [6.45, 7) is 0. The van der Waals surface area contributed by atoms with Crippen molar-refractivity contribution >= 4 is 17.6 Å². The first kappa shape index (κ1) is 27.7. The van der Waals surface area contributed by atoms with Gasteiger partial charge in [-0.25, -0.2) is 4.79 Å². The summed E-state index contributed by atoms with van der Waals surface area (Å²) in [5, 5.41) is 35.3. The molecule has 5 rings (SSSR count). The molecular formula is C30H31N3O6S. The van der Waals surface area contributed by atoms with E-state index >= 15 is 0 Å². The molecule has 4 aromatic rings. The lowest BCUT2D eigenvalue weighted by atomic mass is 9.63. The van der Waals surface area contributed by atoms with Crippen LogP contribution in [0.4, 0.5) is 5.82 Å². The Hall–Kier alpha value is -3.83. The Morgan fingerprint density at radius 1 is 0.925 bits per heavy atom. The van der Waals surface area contributed by atoms with E-state index in [0.29, 0.717) is 28.2 Å². The summed E-state index contributed by atoms with van der Waals surface area (Å²) in [4.78, 5) is 15.4. The number of aliphatic hydroxyl groups is 3. The first-order valence-corrected chi connectivity index (χ1v) is 13.7. The molecule has 5 N–H and O–H groups in total. The molecule has 1 aliphatic heterocycles. The Bertz CT molecular complexity index is 1470. The van der Waals surface area contributed by atoms with Crippen LogP contribution < -0.4 is 20.9 Å². The van der Waals surface area contributed by atoms with E-state index in [4.69, 9.17) is 15.2 Å². The minimum absolute atomic E-state index is 0.00329. The van der Waals surface area contributed by atoms with Gasteiger partial charge in [0.05, 0.1) is 25.7 Å². The molecule has 0 radical (unpaired) electrons. The maximum Gasteiger partial charge on any atom is 0.350 e. The lowest BCUT2D eigenvalue weighted by molar-refractivity contribution is -0.0646. The second-order valence-corrected chi connectivity index (χ2v) is 10.9. The van der Waals surface area contributed by atoms with Crippen molar-refractivity contribution in [2.45, 2.75) is 28.6 Å². The standard InChI is InChI=1S/C30H31N3O6S/c1-38-22-12-8-20(9-13-22)29(19-6-4-3-5-7-19,21-10-14-23(39-2)15-11-21)27(36)30(26(35)24(34)18-40-30)33-17-16-25(31)32-28(33)37/h3-17,24,26-27,34-36H,18H2,1-2H3,(H2,31,32,37)/t24-,26-,27?,30-/m0/s1. The van der Waals surface area contributed by atoms with Crippen molar-refractivity contribution < 1.29 is 24.8 Å². The summed E-state index contributed by atoms with van der Waals surface area (Å²) < 4.78 is 12.0. The van der Waals surface area contributed by atoms with Gasteiger partial charge in [-0.15, -0.1) is 11.8 Å². The third-order valence-corrected chi connectivity index (χ3v) is 9.23. The van der Waals surface area contributed by atoms with Crippen LogP contribution in [-0.2, 0) is 10.3 Å². The highest BCUT2D eigenvalue weighted by atomic mass is 32.2. The zero-order valence-electron chi connectivity index (χ0n) is 22.0. The number of methoxy groups -OCH3 is 2. The molecule has 2 heterocycles. The number of hydrogen-bond acceptors (Lipinski definition) is 9. The van der Waals surface area contributed by atoms with E-state index in [2.05, 4.69) is 4.98 Å². The molecule has 4 atom stereocenters. The summed E-state index contributed by atoms with van der Waals surface area (Å²) in [6.07, 6.45) is -2.87. The SMILES string of the molecule is COc1ccc(C(c2ccccc2)(c2ccc(OC)cc2)C(O)[C@@]2(n3ccc(N)nc3=O)SC[C@H](O)[C@@H]2O)cc1. The van der Waals surface area contributed by atoms with E-state index in [1.807, 2.05) is 54.6 Å². The number of aromatic nitrogens is 2. The summed E-state index contributed by atoms with van der Waals surface area (Å²) in [5.74, 6) is 1.32. The molecule has 208 valence electrons. The minimum atomic E-state index is -1.76. The van der Waals surface area contributed by atoms with Gasteiger partial charge >= 0.3 is 5.69 Å². The van der Waals surface area contributed by atoms with Gasteiger partial charge < -0.3 is 30.5 Å². The Morgan fingerprint density at radius 3 is 1.90 bits per heavy atom. The van der Waals surface area contributed by atoms with Crippen molar-refractivity contribution in [1.29, 1.82) is 0 Å². The fraction of sp³-hybridized carbons (Fsp3) is 0.267. The lowest BCUT2D eigenvalue weighted by Crippen LogP contribution is -2.62. The number of nitrogen functional groups attached to an aromatic ring is 1. The fourth-order valence-electron chi connectivity index (χ4n) is 5.63. The van der Waals surface area contributed by atoms with Crippen molar-refractivity contribution in [3.63, 3.8) is 0 Å². The summed E-state index contributed by atoms with van der Waals surface area (Å²) in [6, 6.07) is 25.3. The summed E-state index contributed by atoms with van der Waals surface area (Å²) in [7, 11) is 3.14. The second kappa shape index (κ2) is 11.0. The van der Waals surface area contributed by atoms with Gasteiger partial charge in [0.1, 0.15) is 29.5 Å². The van der Waals surface area contributed by atoms with Crippen LogP contribution in [0, 0.1) is 0 Å². The molecule has 3 aromatic carbocycles. The van der Waals surface area contributed by atoms with Crippen LogP contribution in [0.5, 0.6) is 11.5 Å². The van der Waals surface area contributed by atoms with Gasteiger partial charge in [0.2, 0.25) is 0 Å². The summed E-state index contributed by atoms with van der Waals surface area (Å²) >= 11 is 1.10. The van der Waals surface area contributed by atoms with Crippen LogP contribution >= 0.6 is 11.8 Å². The van der Waals surface area contributed by atoms with Gasteiger partial charge in [0.25, 0.3) is 0 Å². The molecular weight excluding hydrogens is 530 g/mol. The van der Waals surface area contributed by atoms with E-state index in [0.717, 1.165) is 11.8 Å². The number of thioether (sulfide) groups is 1. The lowest BCUT2D eigenvalue weighted by Gasteiger charge is -2.49. The predicted molar refractivity (Wildman–Crippen MR) is 154 cm³/mol. The van der Waals surface area contributed by atoms with Crippen molar-refractivity contribution in [3.05, 3.63) is 118 Å². The average Bonchev–Trinajstić information content (AvgIpc) is 3.29. The van der Waals surface area contributed by atoms with Gasteiger partial charge in [-0.3, -0.25) is 4.57 Å². The van der Waals surface area contributed by atoms with Crippen molar-refractivity contribution in [3.8, 4) is 11.5 Å². The number of rotatable bonds is 8. The Labute approximate surface area is 235 Å². The van der Waals surface area contributed by atoms with E-state index < -0.39 is 34.3 Å². The van der Waals surface area contributed by atoms with Gasteiger partial charge in [-0.1, -0.05) is 54.6 Å². The van der Waals surface area contributed by atoms with E-state index in [1.54, 1.807) is 38.5 Å². The molecule has 1 fully saturated rings. The topological polar surface area (TPSA) is 140 Å². The van der Waals surface area contributed by atoms with E-state index in [-0.39, 0.29) is 11.6 Å². The first-order chi connectivity index (χ1) is 19.3. The van der Waals surface area contributed by atoms with Gasteiger partial charge in [0, 0.05) is 11.9 Å². The van der Waals surface area contributed by atoms with Crippen LogP contribution in [0.25, 0.3) is 0 Å². The molecule has 1 aliphatic rings. The number of nitrogens with two attached hydrogens (primary N) is 1. The molecule has 0 spiro atoms. The van der Waals surface area contributed by atoms with Crippen molar-refractivity contribution in [2.75, 3.05) is 25.7 Å². The third-order valence-electron chi connectivity index (χ3n) is 7.60. The number of benzene rings is 3. The summed E-state index contributed by atoms with van der Waals surface area (Å²) in [5.41, 5.74) is 5.71. The molecule has 40 heavy (non-hydrogen) atoms. The van der Waals surface area contributed by atoms with Gasteiger partial charge in [-0.05, 0) is 47.0 Å². The quantitative estimate of drug-likeness (QED) is 0.239. The highest BCUT2D eigenvalue weighted by molar-refractivity contribution is 8.00. The second-order valence-electron chi connectivity index (χ2n) is 9.61. The normalized spacial score (nSPS) is 21.6. The number of anilines is 1. The van der Waals surface area contributed by atoms with Crippen LogP contribution in [0.2, 0.25) is 0 Å². The first-order valence-electron chi connectivity index (χ1n) is 12.7. The monoisotopic (exact) mass is 561 g/mol. The predicted octanol–water partition coefficient (Wildman–Crippen LogP) is 2.36. The molecule has 1 unspecified atom stereocenters. The molecule has 1 aromatic heterocycles. The Morgan fingerprint density at radius 2 is 1.45 bits per heavy atom. The largest absolute Gasteiger partial charge is 0.497 e. The van der Waals surface area contributed by atoms with Gasteiger partial charge in [0.15, 0.2) is 4.87 Å². The van der Waals surface area contributed by atoms with Crippen LogP contribution in [-0.4, -0.2) is 63.2 Å². The molecule has 0 bridgehead atoms. The van der Waals surface area contributed by atoms with Crippen LogP contribution in [0.1, 0.15) is 16.7 Å². The highest BCUT2D eigenvalue weighted by Crippen LogP contribution is 2.55. The van der Waals surface area contributed by atoms with Crippen molar-refractivity contribution in [1.82, 2.24) is 9.55 Å². The van der Waals surface area contributed by atoms with E-state index in [9.17, 15) is 20.1 Å². The van der Waals surface area contributed by atoms with E-state index in [1.165, 1.54) is 16.8 Å². The third kappa shape index (κ3) is 4.33. The fourth-order valence-corrected chi connectivity index (χ4v) is 7.19. The average molecular weight is 562 g/mol. The highest BCUT2D eigenvalue weighted by Gasteiger charge is 2.62. The van der Waals surface area contributed by atoms with Crippen LogP contribution in [0.3, 0.4) is 0 Å². The smallest absolute Gasteiger partial charge is 0.350 e. The molecule has 10 heteroatoms. The number of hydrogen-bond donors (Lipinski definition) is 4. The zero-order chi connectivity index (χ0) is 28.5. The zero-order valence-corrected chi connectivity index (χ0v) is 22.9. The molecule has 1 saturated heterocycles. The molecule has 0 amide bonds. The molecule has 0 aliphatic carbocycles. The minimum Gasteiger partial charge on any atom is -0.497 e. The number of nitrogens with zero attached hydrogens (tertiary/aromatic N) is 2. The molecule has 0 saturated carbocycles.